The maximum Gasteiger partial charge on any atom is 0.151 e. The summed E-state index contributed by atoms with van der Waals surface area (Å²) in [5, 5.41) is 2.00. The average Bonchev–Trinajstić information content (AvgIpc) is 2.74. The van der Waals surface area contributed by atoms with Crippen molar-refractivity contribution in [3.63, 3.8) is 0 Å². The van der Waals surface area contributed by atoms with Gasteiger partial charge >= 0.3 is 0 Å². The van der Waals surface area contributed by atoms with Crippen molar-refractivity contribution >= 4 is 21.2 Å². The van der Waals surface area contributed by atoms with Crippen LogP contribution in [0, 0.1) is 0 Å². The first-order valence-electron chi connectivity index (χ1n) is 4.84. The highest BCUT2D eigenvalue weighted by Crippen LogP contribution is 2.18. The molecule has 1 aliphatic heterocycles. The highest BCUT2D eigenvalue weighted by Gasteiger charge is 2.30. The van der Waals surface area contributed by atoms with E-state index in [1.807, 2.05) is 12.4 Å². The van der Waals surface area contributed by atoms with E-state index in [4.69, 9.17) is 0 Å². The maximum atomic E-state index is 11.3. The minimum Gasteiger partial charge on any atom is -0.297 e. The summed E-state index contributed by atoms with van der Waals surface area (Å²) in [5.74, 6) is 0.632. The highest BCUT2D eigenvalue weighted by atomic mass is 32.2. The second-order valence-corrected chi connectivity index (χ2v) is 6.90. The lowest BCUT2D eigenvalue weighted by atomic mass is 10.2. The van der Waals surface area contributed by atoms with Gasteiger partial charge in [0.15, 0.2) is 9.84 Å². The Morgan fingerprint density at radius 2 is 2.47 bits per heavy atom. The van der Waals surface area contributed by atoms with E-state index >= 15 is 0 Å². The Hall–Kier alpha value is -0.460. The van der Waals surface area contributed by atoms with Gasteiger partial charge in [0.25, 0.3) is 0 Å². The Morgan fingerprint density at radius 1 is 1.67 bits per heavy atom. The van der Waals surface area contributed by atoms with Gasteiger partial charge in [-0.2, -0.15) is 0 Å². The van der Waals surface area contributed by atoms with Crippen molar-refractivity contribution in [2.24, 2.45) is 0 Å². The standard InChI is InChI=1S/C9H14N2O2S2/c1-11(4-8-5-14-7-10-8)9-2-3-15(12,13)6-9/h5,7,9H,2-4,6H2,1H3. The van der Waals surface area contributed by atoms with E-state index in [2.05, 4.69) is 9.88 Å². The first kappa shape index (κ1) is 11.0. The number of aromatic nitrogens is 1. The van der Waals surface area contributed by atoms with E-state index in [9.17, 15) is 8.42 Å². The normalized spacial score (nSPS) is 24.8. The quantitative estimate of drug-likeness (QED) is 0.790. The van der Waals surface area contributed by atoms with Crippen molar-refractivity contribution in [3.8, 4) is 0 Å². The van der Waals surface area contributed by atoms with Crippen molar-refractivity contribution in [2.75, 3.05) is 18.6 Å². The van der Waals surface area contributed by atoms with Gasteiger partial charge in [-0.15, -0.1) is 11.3 Å². The smallest absolute Gasteiger partial charge is 0.151 e. The van der Waals surface area contributed by atoms with E-state index in [-0.39, 0.29) is 6.04 Å². The van der Waals surface area contributed by atoms with E-state index in [1.54, 1.807) is 16.8 Å². The summed E-state index contributed by atoms with van der Waals surface area (Å²) in [4.78, 5) is 6.27. The van der Waals surface area contributed by atoms with Gasteiger partial charge in [-0.1, -0.05) is 0 Å². The molecule has 0 N–H and O–H groups in total. The Morgan fingerprint density at radius 3 is 3.00 bits per heavy atom. The second kappa shape index (κ2) is 4.19. The first-order valence-corrected chi connectivity index (χ1v) is 7.61. The third kappa shape index (κ3) is 2.76. The van der Waals surface area contributed by atoms with Crippen LogP contribution in [-0.2, 0) is 16.4 Å². The molecule has 1 saturated heterocycles. The van der Waals surface area contributed by atoms with Gasteiger partial charge in [-0.05, 0) is 13.5 Å². The number of hydrogen-bond acceptors (Lipinski definition) is 5. The van der Waals surface area contributed by atoms with Crippen molar-refractivity contribution in [1.29, 1.82) is 0 Å². The molecule has 2 rings (SSSR count). The molecule has 0 radical (unpaired) electrons. The molecule has 0 aromatic carbocycles. The van der Waals surface area contributed by atoms with Gasteiger partial charge in [0.05, 0.1) is 22.7 Å². The third-order valence-electron chi connectivity index (χ3n) is 2.73. The van der Waals surface area contributed by atoms with Gasteiger partial charge < -0.3 is 0 Å². The molecule has 1 fully saturated rings. The predicted octanol–water partition coefficient (Wildman–Crippen LogP) is 0.762. The van der Waals surface area contributed by atoms with Crippen LogP contribution in [0.5, 0.6) is 0 Å². The summed E-state index contributed by atoms with van der Waals surface area (Å²) < 4.78 is 22.6. The van der Waals surface area contributed by atoms with Crippen LogP contribution < -0.4 is 0 Å². The first-order chi connectivity index (χ1) is 7.07. The Balaban J connectivity index is 1.95. The van der Waals surface area contributed by atoms with Crippen molar-refractivity contribution in [3.05, 3.63) is 16.6 Å². The molecule has 0 aliphatic carbocycles. The Bertz CT molecular complexity index is 413. The average molecular weight is 246 g/mol. The Labute approximate surface area is 93.9 Å². The molecular weight excluding hydrogens is 232 g/mol. The summed E-state index contributed by atoms with van der Waals surface area (Å²) in [6.45, 7) is 0.740. The molecule has 1 unspecified atom stereocenters. The van der Waals surface area contributed by atoms with Gasteiger partial charge in [0.1, 0.15) is 0 Å². The molecule has 4 nitrogen and oxygen atoms in total. The van der Waals surface area contributed by atoms with Crippen LogP contribution >= 0.6 is 11.3 Å². The van der Waals surface area contributed by atoms with Crippen molar-refractivity contribution in [2.45, 2.75) is 19.0 Å². The zero-order valence-corrected chi connectivity index (χ0v) is 10.2. The zero-order chi connectivity index (χ0) is 10.9. The van der Waals surface area contributed by atoms with E-state index in [0.29, 0.717) is 11.5 Å². The number of rotatable bonds is 3. The summed E-state index contributed by atoms with van der Waals surface area (Å²) in [6, 6.07) is 0.164. The van der Waals surface area contributed by atoms with Crippen LogP contribution in [0.4, 0.5) is 0 Å². The van der Waals surface area contributed by atoms with Crippen LogP contribution in [0.3, 0.4) is 0 Å². The van der Waals surface area contributed by atoms with Crippen LogP contribution in [-0.4, -0.2) is 42.9 Å². The second-order valence-electron chi connectivity index (χ2n) is 3.95. The van der Waals surface area contributed by atoms with Crippen LogP contribution in [0.1, 0.15) is 12.1 Å². The summed E-state index contributed by atoms with van der Waals surface area (Å²) in [5.41, 5.74) is 2.82. The van der Waals surface area contributed by atoms with E-state index < -0.39 is 9.84 Å². The molecule has 1 atom stereocenters. The molecule has 0 saturated carbocycles. The monoisotopic (exact) mass is 246 g/mol. The predicted molar refractivity (Wildman–Crippen MR) is 60.6 cm³/mol. The minimum atomic E-state index is -2.78. The molecule has 0 amide bonds. The molecule has 0 bridgehead atoms. The molecule has 15 heavy (non-hydrogen) atoms. The summed E-state index contributed by atoms with van der Waals surface area (Å²) in [7, 11) is -0.816. The molecule has 6 heteroatoms. The SMILES string of the molecule is CN(Cc1cscn1)C1CCS(=O)(=O)C1. The van der Waals surface area contributed by atoms with Crippen molar-refractivity contribution < 1.29 is 8.42 Å². The number of nitrogens with zero attached hydrogens (tertiary/aromatic N) is 2. The fraction of sp³-hybridized carbons (Fsp3) is 0.667. The van der Waals surface area contributed by atoms with Crippen molar-refractivity contribution in [1.82, 2.24) is 9.88 Å². The summed E-state index contributed by atoms with van der Waals surface area (Å²) >= 11 is 1.57. The lowest BCUT2D eigenvalue weighted by molar-refractivity contribution is 0.251. The molecule has 1 aliphatic rings. The fourth-order valence-corrected chi connectivity index (χ4v) is 4.18. The number of sulfone groups is 1. The van der Waals surface area contributed by atoms with Gasteiger partial charge in [-0.3, -0.25) is 4.90 Å². The minimum absolute atomic E-state index is 0.164. The zero-order valence-electron chi connectivity index (χ0n) is 8.59. The number of thiazole rings is 1. The highest BCUT2D eigenvalue weighted by molar-refractivity contribution is 7.91. The molecule has 1 aromatic heterocycles. The van der Waals surface area contributed by atoms with E-state index in [1.165, 1.54) is 0 Å². The fourth-order valence-electron chi connectivity index (χ4n) is 1.82. The molecular formula is C9H14N2O2S2. The molecule has 0 spiro atoms. The summed E-state index contributed by atoms with van der Waals surface area (Å²) in [6.07, 6.45) is 0.753. The largest absolute Gasteiger partial charge is 0.297 e. The topological polar surface area (TPSA) is 50.3 Å². The Kier molecular flexibility index (Phi) is 3.08. The van der Waals surface area contributed by atoms with E-state index in [0.717, 1.165) is 18.7 Å². The maximum absolute atomic E-state index is 11.3. The molecule has 2 heterocycles. The number of hydrogen-bond donors (Lipinski definition) is 0. The molecule has 1 aromatic rings. The van der Waals surface area contributed by atoms with Gasteiger partial charge in [0.2, 0.25) is 0 Å². The lowest BCUT2D eigenvalue weighted by Gasteiger charge is -2.21. The molecule has 84 valence electrons. The van der Waals surface area contributed by atoms with Crippen LogP contribution in [0.2, 0.25) is 0 Å². The van der Waals surface area contributed by atoms with Gasteiger partial charge in [-0.25, -0.2) is 13.4 Å². The van der Waals surface area contributed by atoms with Crippen LogP contribution in [0.15, 0.2) is 10.9 Å². The van der Waals surface area contributed by atoms with Gasteiger partial charge in [0, 0.05) is 18.0 Å². The van der Waals surface area contributed by atoms with Crippen LogP contribution in [0.25, 0.3) is 0 Å². The third-order valence-corrected chi connectivity index (χ3v) is 5.11. The lowest BCUT2D eigenvalue weighted by Crippen LogP contribution is -2.32.